The molecule has 27 heavy (non-hydrogen) atoms. The van der Waals surface area contributed by atoms with E-state index in [1.54, 1.807) is 30.3 Å². The van der Waals surface area contributed by atoms with Crippen molar-refractivity contribution in [2.24, 2.45) is 0 Å². The molecule has 7 heteroatoms. The first-order valence-electron chi connectivity index (χ1n) is 8.64. The molecule has 0 radical (unpaired) electrons. The van der Waals surface area contributed by atoms with Crippen molar-refractivity contribution in [2.75, 3.05) is 0 Å². The maximum absolute atomic E-state index is 12.4. The average molecular weight is 404 g/mol. The van der Waals surface area contributed by atoms with Crippen LogP contribution in [0.2, 0.25) is 10.0 Å². The van der Waals surface area contributed by atoms with E-state index in [-0.39, 0.29) is 17.5 Å². The fourth-order valence-corrected chi connectivity index (χ4v) is 3.49. The number of halogens is 2. The molecule has 0 aliphatic rings. The molecule has 1 unspecified atom stereocenters. The molecule has 0 aliphatic carbocycles. The Morgan fingerprint density at radius 3 is 2.78 bits per heavy atom. The number of aryl methyl sites for hydroxylation is 1. The number of benzene rings is 2. The van der Waals surface area contributed by atoms with Gasteiger partial charge in [-0.2, -0.15) is 0 Å². The van der Waals surface area contributed by atoms with Crippen molar-refractivity contribution < 1.29 is 4.79 Å². The van der Waals surface area contributed by atoms with E-state index < -0.39 is 0 Å². The molecule has 3 rings (SSSR count). The number of nitrogens with zero attached hydrogens (tertiary/aromatic N) is 2. The van der Waals surface area contributed by atoms with Crippen LogP contribution in [0.4, 0.5) is 0 Å². The van der Waals surface area contributed by atoms with Crippen LogP contribution in [0.3, 0.4) is 0 Å². The molecule has 1 N–H and O–H groups in total. The van der Waals surface area contributed by atoms with Crippen molar-refractivity contribution in [1.29, 1.82) is 0 Å². The molecule has 140 valence electrons. The minimum Gasteiger partial charge on any atom is -0.350 e. The summed E-state index contributed by atoms with van der Waals surface area (Å²) in [5.41, 5.74) is 1.39. The van der Waals surface area contributed by atoms with E-state index in [0.29, 0.717) is 40.3 Å². The first-order valence-corrected chi connectivity index (χ1v) is 9.40. The van der Waals surface area contributed by atoms with Crippen LogP contribution in [-0.4, -0.2) is 15.5 Å². The number of aromatic nitrogens is 2. The highest BCUT2D eigenvalue weighted by Gasteiger charge is 2.13. The first-order chi connectivity index (χ1) is 13.0. The number of para-hydroxylation sites is 1. The summed E-state index contributed by atoms with van der Waals surface area (Å²) < 4.78 is 1.54. The molecule has 0 fully saturated rings. The lowest BCUT2D eigenvalue weighted by molar-refractivity contribution is -0.121. The van der Waals surface area contributed by atoms with Crippen LogP contribution < -0.4 is 10.9 Å². The number of hydrogen-bond donors (Lipinski definition) is 1. The monoisotopic (exact) mass is 403 g/mol. The van der Waals surface area contributed by atoms with Gasteiger partial charge in [-0.3, -0.25) is 14.2 Å². The summed E-state index contributed by atoms with van der Waals surface area (Å²) in [6.07, 6.45) is 2.36. The second-order valence-electron chi connectivity index (χ2n) is 6.32. The van der Waals surface area contributed by atoms with Gasteiger partial charge in [-0.05, 0) is 43.2 Å². The van der Waals surface area contributed by atoms with Crippen molar-refractivity contribution in [3.05, 3.63) is 74.8 Å². The SMILES string of the molecule is CC(NC(=O)CCCn1cnc2ccccc2c1=O)c1ccc(Cl)cc1Cl. The molecule has 0 saturated heterocycles. The summed E-state index contributed by atoms with van der Waals surface area (Å²) in [6, 6.07) is 12.2. The van der Waals surface area contributed by atoms with Gasteiger partial charge < -0.3 is 5.32 Å². The molecule has 2 aromatic carbocycles. The van der Waals surface area contributed by atoms with Gasteiger partial charge in [0.05, 0.1) is 23.3 Å². The predicted octanol–water partition coefficient (Wildman–Crippen LogP) is 4.36. The van der Waals surface area contributed by atoms with Crippen LogP contribution in [0.15, 0.2) is 53.6 Å². The Morgan fingerprint density at radius 2 is 2.00 bits per heavy atom. The lowest BCUT2D eigenvalue weighted by Gasteiger charge is -2.16. The summed E-state index contributed by atoms with van der Waals surface area (Å²) >= 11 is 12.1. The van der Waals surface area contributed by atoms with Gasteiger partial charge in [-0.25, -0.2) is 4.98 Å². The molecule has 0 aliphatic heterocycles. The highest BCUT2D eigenvalue weighted by Crippen LogP contribution is 2.26. The van der Waals surface area contributed by atoms with Gasteiger partial charge in [0.15, 0.2) is 0 Å². The predicted molar refractivity (Wildman–Crippen MR) is 108 cm³/mol. The lowest BCUT2D eigenvalue weighted by Crippen LogP contribution is -2.27. The molecule has 1 amide bonds. The molecular formula is C20H19Cl2N3O2. The number of fused-ring (bicyclic) bond motifs is 1. The van der Waals surface area contributed by atoms with E-state index in [4.69, 9.17) is 23.2 Å². The quantitative estimate of drug-likeness (QED) is 0.664. The largest absolute Gasteiger partial charge is 0.350 e. The standard InChI is InChI=1S/C20H19Cl2N3O2/c1-13(15-9-8-14(21)11-17(15)22)24-19(26)7-4-10-25-12-23-18-6-3-2-5-16(18)20(25)27/h2-3,5-6,8-9,11-13H,4,7,10H2,1H3,(H,24,26). The Morgan fingerprint density at radius 1 is 1.22 bits per heavy atom. The van der Waals surface area contributed by atoms with E-state index in [1.807, 2.05) is 19.1 Å². The fraction of sp³-hybridized carbons (Fsp3) is 0.250. The molecule has 0 bridgehead atoms. The number of carbonyl (C=O) groups excluding carboxylic acids is 1. The molecule has 5 nitrogen and oxygen atoms in total. The molecule has 3 aromatic rings. The van der Waals surface area contributed by atoms with Crippen LogP contribution in [0.25, 0.3) is 10.9 Å². The zero-order valence-electron chi connectivity index (χ0n) is 14.8. The van der Waals surface area contributed by atoms with Gasteiger partial charge >= 0.3 is 0 Å². The zero-order chi connectivity index (χ0) is 19.4. The number of carbonyl (C=O) groups is 1. The summed E-state index contributed by atoms with van der Waals surface area (Å²) in [7, 11) is 0. The van der Waals surface area contributed by atoms with E-state index >= 15 is 0 Å². The number of amides is 1. The zero-order valence-corrected chi connectivity index (χ0v) is 16.3. The Balaban J connectivity index is 1.57. The normalized spacial score (nSPS) is 12.1. The summed E-state index contributed by atoms with van der Waals surface area (Å²) in [5.74, 6) is -0.102. The molecule has 0 saturated carbocycles. The minimum absolute atomic E-state index is 0.0951. The second kappa shape index (κ2) is 8.55. The Hall–Kier alpha value is -2.37. The Bertz CT molecular complexity index is 1030. The third-order valence-electron chi connectivity index (χ3n) is 4.34. The van der Waals surface area contributed by atoms with Crippen LogP contribution in [0.5, 0.6) is 0 Å². The summed E-state index contributed by atoms with van der Waals surface area (Å²) in [4.78, 5) is 28.9. The van der Waals surface area contributed by atoms with Gasteiger partial charge in [-0.15, -0.1) is 0 Å². The Labute approximate surface area is 166 Å². The third kappa shape index (κ3) is 4.67. The van der Waals surface area contributed by atoms with Crippen molar-refractivity contribution in [1.82, 2.24) is 14.9 Å². The van der Waals surface area contributed by atoms with Gasteiger partial charge in [0.1, 0.15) is 0 Å². The van der Waals surface area contributed by atoms with Crippen LogP contribution >= 0.6 is 23.2 Å². The highest BCUT2D eigenvalue weighted by atomic mass is 35.5. The number of rotatable bonds is 6. The van der Waals surface area contributed by atoms with E-state index in [0.717, 1.165) is 5.56 Å². The second-order valence-corrected chi connectivity index (χ2v) is 7.16. The minimum atomic E-state index is -0.229. The molecule has 0 spiro atoms. The molecule has 1 aromatic heterocycles. The highest BCUT2D eigenvalue weighted by molar-refractivity contribution is 6.35. The van der Waals surface area contributed by atoms with Crippen molar-refractivity contribution >= 4 is 40.0 Å². The molecular weight excluding hydrogens is 385 g/mol. The molecule has 1 heterocycles. The average Bonchev–Trinajstić information content (AvgIpc) is 2.63. The fourth-order valence-electron chi connectivity index (χ4n) is 2.92. The lowest BCUT2D eigenvalue weighted by atomic mass is 10.1. The van der Waals surface area contributed by atoms with Crippen LogP contribution in [-0.2, 0) is 11.3 Å². The van der Waals surface area contributed by atoms with Crippen molar-refractivity contribution in [3.63, 3.8) is 0 Å². The molecule has 1 atom stereocenters. The van der Waals surface area contributed by atoms with Gasteiger partial charge in [0.25, 0.3) is 5.56 Å². The van der Waals surface area contributed by atoms with Crippen molar-refractivity contribution in [3.8, 4) is 0 Å². The van der Waals surface area contributed by atoms with Gasteiger partial charge in [-0.1, -0.05) is 41.4 Å². The van der Waals surface area contributed by atoms with E-state index in [2.05, 4.69) is 10.3 Å². The smallest absolute Gasteiger partial charge is 0.261 e. The van der Waals surface area contributed by atoms with Crippen molar-refractivity contribution in [2.45, 2.75) is 32.4 Å². The number of hydrogen-bond acceptors (Lipinski definition) is 3. The van der Waals surface area contributed by atoms with Gasteiger partial charge in [0.2, 0.25) is 5.91 Å². The van der Waals surface area contributed by atoms with E-state index in [1.165, 1.54) is 10.9 Å². The summed E-state index contributed by atoms with van der Waals surface area (Å²) in [6.45, 7) is 2.30. The first kappa shape index (κ1) is 19.4. The maximum atomic E-state index is 12.4. The Kier molecular flexibility index (Phi) is 6.14. The third-order valence-corrected chi connectivity index (χ3v) is 4.90. The summed E-state index contributed by atoms with van der Waals surface area (Å²) in [5, 5.41) is 4.57. The maximum Gasteiger partial charge on any atom is 0.261 e. The topological polar surface area (TPSA) is 64.0 Å². The van der Waals surface area contributed by atoms with Crippen LogP contribution in [0, 0.1) is 0 Å². The van der Waals surface area contributed by atoms with Gasteiger partial charge in [0, 0.05) is 23.0 Å². The van der Waals surface area contributed by atoms with E-state index in [9.17, 15) is 9.59 Å². The van der Waals surface area contributed by atoms with Crippen LogP contribution in [0.1, 0.15) is 31.4 Å². The number of nitrogens with one attached hydrogen (secondary N) is 1.